The van der Waals surface area contributed by atoms with Crippen molar-refractivity contribution in [2.24, 2.45) is 0 Å². The monoisotopic (exact) mass is 1950 g/mol. The van der Waals surface area contributed by atoms with E-state index in [2.05, 4.69) is 15.9 Å². The zero-order valence-electron chi connectivity index (χ0n) is 73.7. The Balaban J connectivity index is 0.000000187. The Kier molecular flexibility index (Phi) is 43.4. The van der Waals surface area contributed by atoms with Crippen molar-refractivity contribution in [2.45, 2.75) is 152 Å². The highest BCUT2D eigenvalue weighted by Gasteiger charge is 2.20. The van der Waals surface area contributed by atoms with Crippen molar-refractivity contribution in [2.75, 3.05) is 0 Å². The lowest BCUT2D eigenvalue weighted by Gasteiger charge is -2.01. The van der Waals surface area contributed by atoms with Gasteiger partial charge < -0.3 is 0 Å². The Labute approximate surface area is 801 Å². The molecule has 668 valence electrons. The molecule has 0 spiro atoms. The summed E-state index contributed by atoms with van der Waals surface area (Å²) < 4.78 is 1.52. The van der Waals surface area contributed by atoms with E-state index in [0.717, 1.165) is 76.9 Å². The fourth-order valence-electron chi connectivity index (χ4n) is 12.1. The summed E-state index contributed by atoms with van der Waals surface area (Å²) in [6, 6.07) is 77.6. The standard InChI is InChI=1S/2C16H16O2S.C15H13BrO2S.C15H13ClO2S.3C15H14O2S/c1-11-3-6-13(7-4-11)14(17)8-9-15(18)16-10-5-12(2)19-16;1-11-4-3-5-13(10-11)14(17)7-8-15(18)16-9-6-12(2)19-16;2*1-10-2-4-11(5-3-10)12(17)6-7-13(18)14-8-9-15(16)19-14;3*1-11-4-6-12(7-5-11)13(16)8-9-14(17)15-3-2-10-18-15/h3-7,10H,8-9H2,1-2H3;3-6,9-10H,7-8H2,1-2H3;2*2-5,8-9H,6-7H2,1H3;3*2-7,10H,8-9H2,1H3. The van der Waals surface area contributed by atoms with E-state index in [1.807, 2.05) is 279 Å². The normalized spacial score (nSPS) is 10.4. The predicted molar refractivity (Wildman–Crippen MR) is 536 cm³/mol. The molecule has 0 saturated heterocycles. The number of ketones is 14. The van der Waals surface area contributed by atoms with E-state index in [1.165, 1.54) is 79.4 Å². The summed E-state index contributed by atoms with van der Waals surface area (Å²) in [6.45, 7) is 17.8. The van der Waals surface area contributed by atoms with E-state index in [0.29, 0.717) is 53.0 Å². The van der Waals surface area contributed by atoms with Gasteiger partial charge in [-0.1, -0.05) is 233 Å². The van der Waals surface area contributed by atoms with Gasteiger partial charge in [0.15, 0.2) is 81.0 Å². The third-order valence-corrected chi connectivity index (χ3v) is 27.5. The van der Waals surface area contributed by atoms with Gasteiger partial charge in [0.25, 0.3) is 0 Å². The van der Waals surface area contributed by atoms with E-state index in [-0.39, 0.29) is 171 Å². The lowest BCUT2D eigenvalue weighted by atomic mass is 10.0. The Morgan fingerprint density at radius 3 is 0.638 bits per heavy atom. The first-order valence-corrected chi connectivity index (χ1v) is 49.0. The van der Waals surface area contributed by atoms with Crippen LogP contribution in [-0.4, -0.2) is 81.0 Å². The molecule has 14 nitrogen and oxygen atoms in total. The predicted octanol–water partition coefficient (Wildman–Crippen LogP) is 29.3. The maximum atomic E-state index is 12.0. The van der Waals surface area contributed by atoms with Crippen LogP contribution < -0.4 is 0 Å². The number of carbonyl (C=O) groups is 14. The van der Waals surface area contributed by atoms with Gasteiger partial charge in [-0.25, -0.2) is 0 Å². The largest absolute Gasteiger partial charge is 0.294 e. The Bertz CT molecular complexity index is 5620. The smallest absolute Gasteiger partial charge is 0.173 e. The number of hydrogen-bond donors (Lipinski definition) is 0. The number of halogens is 2. The van der Waals surface area contributed by atoms with Crippen molar-refractivity contribution in [1.29, 1.82) is 0 Å². The maximum Gasteiger partial charge on any atom is 0.173 e. The van der Waals surface area contributed by atoms with Crippen LogP contribution in [0.5, 0.6) is 0 Å². The molecule has 0 bridgehead atoms. The lowest BCUT2D eigenvalue weighted by Crippen LogP contribution is -2.04. The molecule has 0 aliphatic heterocycles. The van der Waals surface area contributed by atoms with Crippen LogP contribution in [0.15, 0.2) is 275 Å². The molecular formula is C107H100BrClO14S7. The first kappa shape index (κ1) is 104. The number of carbonyl (C=O) groups excluding carboxylic acids is 14. The van der Waals surface area contributed by atoms with Gasteiger partial charge in [-0.3, -0.25) is 67.1 Å². The molecule has 0 atom stereocenters. The summed E-state index contributed by atoms with van der Waals surface area (Å²) in [4.78, 5) is 173. The molecule has 7 aromatic carbocycles. The molecule has 7 heterocycles. The molecule has 14 rings (SSSR count). The van der Waals surface area contributed by atoms with Gasteiger partial charge in [0.2, 0.25) is 0 Å². The average Bonchev–Trinajstić information content (AvgIpc) is 1.71. The minimum atomic E-state index is -0.0302. The second kappa shape index (κ2) is 54.3. The zero-order valence-corrected chi connectivity index (χ0v) is 81.8. The maximum absolute atomic E-state index is 12.0. The van der Waals surface area contributed by atoms with Gasteiger partial charge >= 0.3 is 0 Å². The second-order valence-electron chi connectivity index (χ2n) is 30.5. The van der Waals surface area contributed by atoms with Crippen molar-refractivity contribution in [3.05, 3.63) is 401 Å². The first-order chi connectivity index (χ1) is 62.2. The van der Waals surface area contributed by atoms with E-state index < -0.39 is 0 Å². The number of hydrogen-bond acceptors (Lipinski definition) is 21. The topological polar surface area (TPSA) is 239 Å². The molecule has 130 heavy (non-hydrogen) atoms. The molecule has 0 amide bonds. The number of thiophene rings is 7. The Morgan fingerprint density at radius 2 is 0.431 bits per heavy atom. The first-order valence-electron chi connectivity index (χ1n) is 41.9. The van der Waals surface area contributed by atoms with Gasteiger partial charge in [-0.05, 0) is 167 Å². The SMILES string of the molecule is Cc1ccc(C(=O)CCC(=O)c2ccc(Br)s2)cc1.Cc1ccc(C(=O)CCC(=O)c2ccc(C)s2)cc1.Cc1ccc(C(=O)CCC(=O)c2ccc(Cl)s2)cc1.Cc1ccc(C(=O)CCC(=O)c2cccs2)cc1.Cc1ccc(C(=O)CCC(=O)c2cccs2)cc1.Cc1ccc(C(=O)CCC(=O)c2cccs2)cc1.Cc1cccc(C(=O)CCC(=O)c2ccc(C)s2)c1. The quantitative estimate of drug-likeness (QED) is 0.0336. The molecule has 0 aliphatic carbocycles. The van der Waals surface area contributed by atoms with Crippen LogP contribution in [0.3, 0.4) is 0 Å². The minimum Gasteiger partial charge on any atom is -0.294 e. The third kappa shape index (κ3) is 36.5. The summed E-state index contributed by atoms with van der Waals surface area (Å²) >= 11 is 19.0. The van der Waals surface area contributed by atoms with Crippen LogP contribution in [-0.2, 0) is 0 Å². The highest BCUT2D eigenvalue weighted by molar-refractivity contribution is 9.11. The molecule has 0 aliphatic rings. The highest BCUT2D eigenvalue weighted by Crippen LogP contribution is 2.28. The molecule has 7 aromatic heterocycles. The molecule has 23 heteroatoms. The van der Waals surface area contributed by atoms with Crippen LogP contribution in [0.4, 0.5) is 0 Å². The van der Waals surface area contributed by atoms with Crippen LogP contribution >= 0.6 is 107 Å². The Hall–Kier alpha value is -11.4. The zero-order chi connectivity index (χ0) is 94.2. The summed E-state index contributed by atoms with van der Waals surface area (Å²) in [5, 5.41) is 5.61. The van der Waals surface area contributed by atoms with E-state index >= 15 is 0 Å². The van der Waals surface area contributed by atoms with E-state index in [1.54, 1.807) is 54.6 Å². The van der Waals surface area contributed by atoms with Gasteiger partial charge in [0.1, 0.15) is 0 Å². The van der Waals surface area contributed by atoms with E-state index in [4.69, 9.17) is 11.6 Å². The van der Waals surface area contributed by atoms with Crippen molar-refractivity contribution >= 4 is 188 Å². The van der Waals surface area contributed by atoms with Crippen LogP contribution in [0.25, 0.3) is 0 Å². The summed E-state index contributed by atoms with van der Waals surface area (Å²) in [6.07, 6.45) is 3.79. The fourth-order valence-corrected chi connectivity index (χ4v) is 18.2. The van der Waals surface area contributed by atoms with Gasteiger partial charge in [0.05, 0.1) is 42.3 Å². The molecule has 0 unspecified atom stereocenters. The van der Waals surface area contributed by atoms with Crippen LogP contribution in [0.2, 0.25) is 4.34 Å². The molecule has 14 aromatic rings. The third-order valence-electron chi connectivity index (χ3n) is 19.7. The molecular weight excluding hydrogens is 1850 g/mol. The molecule has 0 N–H and O–H groups in total. The molecule has 0 radical (unpaired) electrons. The molecule has 0 fully saturated rings. The van der Waals surface area contributed by atoms with Gasteiger partial charge in [-0.2, -0.15) is 0 Å². The number of aryl methyl sites for hydroxylation is 9. The van der Waals surface area contributed by atoms with E-state index in [9.17, 15) is 67.1 Å². The summed E-state index contributed by atoms with van der Waals surface area (Å²) in [5.41, 5.74) is 12.5. The highest BCUT2D eigenvalue weighted by atomic mass is 79.9. The van der Waals surface area contributed by atoms with Crippen LogP contribution in [0, 0.1) is 62.3 Å². The number of rotatable bonds is 35. The Morgan fingerprint density at radius 1 is 0.208 bits per heavy atom. The van der Waals surface area contributed by atoms with Crippen LogP contribution in [0.1, 0.15) is 279 Å². The lowest BCUT2D eigenvalue weighted by molar-refractivity contribution is 0.0919. The summed E-state index contributed by atoms with van der Waals surface area (Å²) in [5.74, 6) is 0.402. The van der Waals surface area contributed by atoms with Gasteiger partial charge in [0, 0.05) is 139 Å². The van der Waals surface area contributed by atoms with Crippen molar-refractivity contribution < 1.29 is 67.1 Å². The van der Waals surface area contributed by atoms with Crippen molar-refractivity contribution in [3.63, 3.8) is 0 Å². The van der Waals surface area contributed by atoms with Gasteiger partial charge in [-0.15, -0.1) is 79.4 Å². The summed E-state index contributed by atoms with van der Waals surface area (Å²) in [7, 11) is 0. The number of Topliss-reactive ketones (excluding diaryl/α,β-unsaturated/α-hetero) is 14. The average molecular weight is 1950 g/mol. The van der Waals surface area contributed by atoms with Crippen molar-refractivity contribution in [3.8, 4) is 0 Å². The minimum absolute atomic E-state index is 0.00370. The second-order valence-corrected chi connectivity index (χ2v) is 40.0. The fraction of sp³-hybridized carbons (Fsp3) is 0.215. The van der Waals surface area contributed by atoms with Crippen molar-refractivity contribution in [1.82, 2.24) is 0 Å². The number of benzene rings is 7. The molecule has 0 saturated carbocycles.